The number of rotatable bonds is 3. The van der Waals surface area contributed by atoms with Crippen molar-refractivity contribution in [1.29, 1.82) is 0 Å². The monoisotopic (exact) mass is 458 g/mol. The van der Waals surface area contributed by atoms with Crippen molar-refractivity contribution in [3.05, 3.63) is 35.9 Å². The van der Waals surface area contributed by atoms with E-state index < -0.39 is 17.6 Å². The minimum absolute atomic E-state index is 0.132. The average molecular weight is 459 g/mol. The van der Waals surface area contributed by atoms with Gasteiger partial charge in [0.15, 0.2) is 0 Å². The fourth-order valence-corrected chi connectivity index (χ4v) is 5.13. The molecule has 182 valence electrons. The first kappa shape index (κ1) is 24.2. The molecule has 1 amide bonds. The smallest absolute Gasteiger partial charge is 0.312 e. The van der Waals surface area contributed by atoms with Crippen LogP contribution in [0.15, 0.2) is 30.3 Å². The molecule has 2 saturated heterocycles. The lowest BCUT2D eigenvalue weighted by molar-refractivity contribution is -0.165. The van der Waals surface area contributed by atoms with E-state index in [0.717, 1.165) is 64.6 Å². The van der Waals surface area contributed by atoms with E-state index in [1.807, 2.05) is 23.1 Å². The number of ether oxygens (including phenoxy) is 1. The molecule has 2 N–H and O–H groups in total. The van der Waals surface area contributed by atoms with Crippen LogP contribution in [0.4, 0.5) is 0 Å². The minimum atomic E-state index is -1.14. The molecule has 3 aliphatic rings. The largest absolute Gasteiger partial charge is 0.462 e. The third-order valence-corrected chi connectivity index (χ3v) is 7.59. The molecule has 33 heavy (non-hydrogen) atoms. The van der Waals surface area contributed by atoms with E-state index in [1.54, 1.807) is 0 Å². The summed E-state index contributed by atoms with van der Waals surface area (Å²) >= 11 is 0. The van der Waals surface area contributed by atoms with Crippen LogP contribution < -0.4 is 0 Å². The molecule has 2 aliphatic heterocycles. The van der Waals surface area contributed by atoms with Crippen LogP contribution in [0.1, 0.15) is 56.9 Å². The zero-order valence-electron chi connectivity index (χ0n) is 19.5. The van der Waals surface area contributed by atoms with Crippen molar-refractivity contribution < 1.29 is 24.5 Å². The lowest BCUT2D eigenvalue weighted by Crippen LogP contribution is -2.45. The predicted octanol–water partition coefficient (Wildman–Crippen LogP) is 2.35. The maximum absolute atomic E-state index is 13.2. The normalized spacial score (nSPS) is 27.8. The molecule has 4 rings (SSSR count). The molecule has 0 radical (unpaired) electrons. The molecule has 1 spiro atoms. The number of cyclic esters (lactones) is 1. The van der Waals surface area contributed by atoms with Gasteiger partial charge in [-0.1, -0.05) is 36.8 Å². The highest BCUT2D eigenvalue weighted by molar-refractivity contribution is 5.81. The minimum Gasteiger partial charge on any atom is -0.462 e. The van der Waals surface area contributed by atoms with E-state index in [4.69, 9.17) is 4.74 Å². The van der Waals surface area contributed by atoms with E-state index in [9.17, 15) is 19.8 Å². The van der Waals surface area contributed by atoms with Gasteiger partial charge in [-0.05, 0) is 63.6 Å². The number of aliphatic hydroxyl groups is 2. The summed E-state index contributed by atoms with van der Waals surface area (Å²) in [6.45, 7) is 3.38. The van der Waals surface area contributed by atoms with Gasteiger partial charge in [0.1, 0.15) is 12.7 Å². The van der Waals surface area contributed by atoms with Crippen LogP contribution in [0, 0.1) is 11.3 Å². The second kappa shape index (κ2) is 11.0. The number of benzene rings is 1. The number of nitrogens with zero attached hydrogens (tertiary/aromatic N) is 2. The lowest BCUT2D eigenvalue weighted by Gasteiger charge is -2.40. The topological polar surface area (TPSA) is 90.3 Å². The van der Waals surface area contributed by atoms with Gasteiger partial charge in [0, 0.05) is 25.6 Å². The molecule has 1 aromatic rings. The van der Waals surface area contributed by atoms with Gasteiger partial charge < -0.3 is 19.8 Å². The summed E-state index contributed by atoms with van der Waals surface area (Å²) in [6.07, 6.45) is 3.90. The van der Waals surface area contributed by atoms with Gasteiger partial charge in [0.2, 0.25) is 5.91 Å². The Balaban J connectivity index is 1.40. The summed E-state index contributed by atoms with van der Waals surface area (Å²) in [6, 6.07) is 10.4. The molecule has 0 aromatic heterocycles. The summed E-state index contributed by atoms with van der Waals surface area (Å²) in [5, 5.41) is 20.7. The van der Waals surface area contributed by atoms with E-state index in [-0.39, 0.29) is 30.8 Å². The third-order valence-electron chi connectivity index (χ3n) is 7.59. The Kier molecular flexibility index (Phi) is 8.04. The number of likely N-dealkylation sites (tertiary alicyclic amines) is 1. The molecule has 3 fully saturated rings. The number of carbonyl (C=O) groups excluding carboxylic acids is 2. The maximum atomic E-state index is 13.2. The van der Waals surface area contributed by atoms with Gasteiger partial charge in [0.25, 0.3) is 0 Å². The Morgan fingerprint density at radius 2 is 1.67 bits per heavy atom. The van der Waals surface area contributed by atoms with Crippen LogP contribution in [0.3, 0.4) is 0 Å². The van der Waals surface area contributed by atoms with E-state index in [2.05, 4.69) is 17.0 Å². The summed E-state index contributed by atoms with van der Waals surface area (Å²) in [5.41, 5.74) is 0.709. The summed E-state index contributed by atoms with van der Waals surface area (Å²) < 4.78 is 5.56. The van der Waals surface area contributed by atoms with Gasteiger partial charge >= 0.3 is 5.97 Å². The van der Waals surface area contributed by atoms with Crippen molar-refractivity contribution in [2.45, 2.75) is 70.1 Å². The molecule has 7 heteroatoms. The Morgan fingerprint density at radius 3 is 2.36 bits per heavy atom. The van der Waals surface area contributed by atoms with Crippen LogP contribution in [0.2, 0.25) is 0 Å². The molecular weight excluding hydrogens is 420 g/mol. The van der Waals surface area contributed by atoms with Gasteiger partial charge in [-0.2, -0.15) is 0 Å². The zero-order valence-corrected chi connectivity index (χ0v) is 19.5. The molecule has 1 aromatic carbocycles. The summed E-state index contributed by atoms with van der Waals surface area (Å²) in [7, 11) is 0. The first-order valence-electron chi connectivity index (χ1n) is 12.6. The van der Waals surface area contributed by atoms with Crippen molar-refractivity contribution >= 4 is 11.9 Å². The third kappa shape index (κ3) is 6.34. The first-order chi connectivity index (χ1) is 16.0. The molecule has 1 saturated carbocycles. The van der Waals surface area contributed by atoms with Crippen molar-refractivity contribution in [2.75, 3.05) is 32.8 Å². The number of hydrogen-bond acceptors (Lipinski definition) is 6. The van der Waals surface area contributed by atoms with Crippen LogP contribution >= 0.6 is 0 Å². The van der Waals surface area contributed by atoms with Crippen LogP contribution in [0.5, 0.6) is 0 Å². The maximum Gasteiger partial charge on any atom is 0.312 e. The van der Waals surface area contributed by atoms with E-state index in [0.29, 0.717) is 13.1 Å². The number of aliphatic hydroxyl groups excluding tert-OH is 2. The van der Waals surface area contributed by atoms with Crippen molar-refractivity contribution in [2.24, 2.45) is 11.3 Å². The van der Waals surface area contributed by atoms with Gasteiger partial charge in [-0.25, -0.2) is 0 Å². The lowest BCUT2D eigenvalue weighted by atomic mass is 9.74. The second-order valence-corrected chi connectivity index (χ2v) is 10.1. The van der Waals surface area contributed by atoms with E-state index >= 15 is 0 Å². The predicted molar refractivity (Wildman–Crippen MR) is 124 cm³/mol. The number of hydrogen-bond donors (Lipinski definition) is 2. The standard InChI is InChI=1S/C26H38N2O5/c29-22-10-15-28(24(31)21-8-9-21)14-5-4-11-26(25(32)33-19-23(22)30)12-16-27(17-13-26)18-20-6-2-1-3-7-20/h1-3,6-7,21-23,29-30H,4-5,8-19H2/t22-,23+/m0/s1. The molecule has 0 unspecified atom stereocenters. The fraction of sp³-hybridized carbons (Fsp3) is 0.692. The quantitative estimate of drug-likeness (QED) is 0.676. The Morgan fingerprint density at radius 1 is 0.939 bits per heavy atom. The SMILES string of the molecule is O=C(C1CC1)N1CCCCC2(CCN(Cc3ccccc3)CC2)C(=O)OC[C@@H](O)[C@@H](O)CC1. The van der Waals surface area contributed by atoms with Gasteiger partial charge in [0.05, 0.1) is 11.5 Å². The fourth-order valence-electron chi connectivity index (χ4n) is 5.13. The average Bonchev–Trinajstić information content (AvgIpc) is 3.68. The Labute approximate surface area is 196 Å². The van der Waals surface area contributed by atoms with Crippen molar-refractivity contribution in [3.8, 4) is 0 Å². The highest BCUT2D eigenvalue weighted by atomic mass is 16.5. The van der Waals surface area contributed by atoms with Crippen LogP contribution in [-0.4, -0.2) is 76.9 Å². The van der Waals surface area contributed by atoms with Gasteiger partial charge in [-0.15, -0.1) is 0 Å². The molecule has 2 atom stereocenters. The Hall–Kier alpha value is -1.96. The molecule has 1 aliphatic carbocycles. The number of amides is 1. The molecule has 7 nitrogen and oxygen atoms in total. The Bertz CT molecular complexity index is 789. The number of esters is 1. The summed E-state index contributed by atoms with van der Waals surface area (Å²) in [4.78, 5) is 30.1. The zero-order chi connectivity index (χ0) is 23.3. The summed E-state index contributed by atoms with van der Waals surface area (Å²) in [5.74, 6) is 0.0500. The number of piperidine rings is 1. The van der Waals surface area contributed by atoms with Crippen LogP contribution in [-0.2, 0) is 20.9 Å². The van der Waals surface area contributed by atoms with Crippen LogP contribution in [0.25, 0.3) is 0 Å². The van der Waals surface area contributed by atoms with Crippen molar-refractivity contribution in [3.63, 3.8) is 0 Å². The first-order valence-corrected chi connectivity index (χ1v) is 12.6. The second-order valence-electron chi connectivity index (χ2n) is 10.1. The number of carbonyl (C=O) groups is 2. The molecule has 2 heterocycles. The molecular formula is C26H38N2O5. The highest BCUT2D eigenvalue weighted by Gasteiger charge is 2.43. The van der Waals surface area contributed by atoms with Gasteiger partial charge in [-0.3, -0.25) is 14.5 Å². The van der Waals surface area contributed by atoms with Crippen molar-refractivity contribution in [1.82, 2.24) is 9.80 Å². The molecule has 0 bridgehead atoms. The van der Waals surface area contributed by atoms with E-state index in [1.165, 1.54) is 5.56 Å². The highest BCUT2D eigenvalue weighted by Crippen LogP contribution is 2.39.